The van der Waals surface area contributed by atoms with Crippen molar-refractivity contribution in [2.45, 2.75) is 25.4 Å². The summed E-state index contributed by atoms with van der Waals surface area (Å²) in [6.07, 6.45) is 0.843. The summed E-state index contributed by atoms with van der Waals surface area (Å²) >= 11 is 0. The van der Waals surface area contributed by atoms with Crippen molar-refractivity contribution >= 4 is 22.5 Å². The highest BCUT2D eigenvalue weighted by Gasteiger charge is 2.43. The number of hydrogen-bond donors (Lipinski definition) is 1. The molecule has 156 valence electrons. The number of anilines is 1. The van der Waals surface area contributed by atoms with Crippen LogP contribution in [0.1, 0.15) is 34.3 Å². The van der Waals surface area contributed by atoms with Crippen LogP contribution in [0.3, 0.4) is 0 Å². The molecule has 1 fully saturated rings. The van der Waals surface area contributed by atoms with Gasteiger partial charge in [0.2, 0.25) is 11.7 Å². The third-order valence-corrected chi connectivity index (χ3v) is 5.27. The molecule has 2 heterocycles. The molecular weight excluding hydrogens is 401 g/mol. The number of carbonyl (C=O) groups excluding carboxylic acids is 1. The molecule has 1 N–H and O–H groups in total. The van der Waals surface area contributed by atoms with Gasteiger partial charge >= 0.3 is 0 Å². The molecule has 0 radical (unpaired) electrons. The number of aromatic nitrogens is 4. The number of halogens is 1. The third kappa shape index (κ3) is 3.58. The van der Waals surface area contributed by atoms with Gasteiger partial charge in [0.05, 0.1) is 18.5 Å². The van der Waals surface area contributed by atoms with Crippen LogP contribution in [-0.4, -0.2) is 39.3 Å². The van der Waals surface area contributed by atoms with Crippen molar-refractivity contribution in [3.05, 3.63) is 59.9 Å². The number of rotatable bonds is 5. The van der Waals surface area contributed by atoms with Gasteiger partial charge in [-0.25, -0.2) is 14.4 Å². The molecule has 2 atom stereocenters. The van der Waals surface area contributed by atoms with Gasteiger partial charge in [0.15, 0.2) is 0 Å². The summed E-state index contributed by atoms with van der Waals surface area (Å²) in [5, 5.41) is 7.46. The Kier molecular flexibility index (Phi) is 4.58. The largest absolute Gasteiger partial charge is 0.497 e. The van der Waals surface area contributed by atoms with Crippen LogP contribution < -0.4 is 10.1 Å². The maximum Gasteiger partial charge on any atom is 0.275 e. The van der Waals surface area contributed by atoms with E-state index in [0.717, 1.165) is 5.56 Å². The Morgan fingerprint density at radius 3 is 2.84 bits per heavy atom. The van der Waals surface area contributed by atoms with Gasteiger partial charge in [-0.1, -0.05) is 17.3 Å². The van der Waals surface area contributed by atoms with E-state index in [9.17, 15) is 9.18 Å². The lowest BCUT2D eigenvalue weighted by Gasteiger charge is -2.11. The van der Waals surface area contributed by atoms with Crippen LogP contribution in [0, 0.1) is 6.92 Å². The molecule has 4 aromatic rings. The van der Waals surface area contributed by atoms with Crippen LogP contribution >= 0.6 is 0 Å². The number of nitrogens with one attached hydrogen (secondary N) is 1. The summed E-state index contributed by atoms with van der Waals surface area (Å²) in [5.41, 5.74) is 2.96. The first-order valence-corrected chi connectivity index (χ1v) is 9.72. The molecule has 0 bridgehead atoms. The fourth-order valence-corrected chi connectivity index (χ4v) is 3.34. The molecule has 0 aliphatic heterocycles. The Bertz CT molecular complexity index is 1310. The number of hydrogen-bond acceptors (Lipinski definition) is 7. The molecule has 1 aliphatic rings. The van der Waals surface area contributed by atoms with Crippen LogP contribution in [0.2, 0.25) is 0 Å². The number of benzene rings is 2. The molecule has 2 aromatic carbocycles. The smallest absolute Gasteiger partial charge is 0.275 e. The van der Waals surface area contributed by atoms with E-state index in [1.54, 1.807) is 31.4 Å². The van der Waals surface area contributed by atoms with Gasteiger partial charge < -0.3 is 14.6 Å². The summed E-state index contributed by atoms with van der Waals surface area (Å²) in [6, 6.07) is 10.7. The Morgan fingerprint density at radius 1 is 1.23 bits per heavy atom. The first-order chi connectivity index (χ1) is 15.0. The molecule has 8 nitrogen and oxygen atoms in total. The lowest BCUT2D eigenvalue weighted by Crippen LogP contribution is -2.15. The lowest BCUT2D eigenvalue weighted by molar-refractivity contribution is 0.102. The van der Waals surface area contributed by atoms with Crippen molar-refractivity contribution in [2.75, 3.05) is 12.4 Å². The Morgan fingerprint density at radius 2 is 2.06 bits per heavy atom. The maximum atomic E-state index is 13.3. The summed E-state index contributed by atoms with van der Waals surface area (Å²) < 4.78 is 23.7. The Labute approximate surface area is 176 Å². The molecular formula is C22H18FN5O3. The molecule has 0 unspecified atom stereocenters. The first-order valence-electron chi connectivity index (χ1n) is 9.72. The molecule has 0 spiro atoms. The van der Waals surface area contributed by atoms with E-state index in [0.29, 0.717) is 46.0 Å². The zero-order valence-corrected chi connectivity index (χ0v) is 16.8. The van der Waals surface area contributed by atoms with Gasteiger partial charge in [0, 0.05) is 22.7 Å². The van der Waals surface area contributed by atoms with Crippen LogP contribution in [0.25, 0.3) is 22.3 Å². The average molecular weight is 419 g/mol. The molecule has 31 heavy (non-hydrogen) atoms. The molecule has 2 aromatic heterocycles. The van der Waals surface area contributed by atoms with Crippen molar-refractivity contribution in [3.8, 4) is 17.1 Å². The fraction of sp³-hybridized carbons (Fsp3) is 0.227. The second-order valence-electron chi connectivity index (χ2n) is 7.40. The highest BCUT2D eigenvalue weighted by molar-refractivity contribution is 6.11. The summed E-state index contributed by atoms with van der Waals surface area (Å²) in [5.74, 6) is 0.618. The number of aryl methyl sites for hydroxylation is 1. The monoisotopic (exact) mass is 419 g/mol. The summed E-state index contributed by atoms with van der Waals surface area (Å²) in [4.78, 5) is 25.7. The number of amides is 1. The van der Waals surface area contributed by atoms with Crippen LogP contribution in [-0.2, 0) is 0 Å². The number of methoxy groups -OCH3 is 1. The van der Waals surface area contributed by atoms with E-state index >= 15 is 0 Å². The lowest BCUT2D eigenvalue weighted by atomic mass is 10.1. The van der Waals surface area contributed by atoms with Gasteiger partial charge in [-0.3, -0.25) is 4.79 Å². The molecule has 1 saturated carbocycles. The predicted octanol–water partition coefficient (Wildman–Crippen LogP) is 4.07. The number of fused-ring (bicyclic) bond motifs is 1. The van der Waals surface area contributed by atoms with Crippen molar-refractivity contribution < 1.29 is 18.4 Å². The quantitative estimate of drug-likeness (QED) is 0.520. The SMILES string of the molecule is COc1ccc2c(C(=O)Nc3cc(-c4noc([C@H]5C[C@@H]5F)n4)ccc3C)ncnc2c1. The van der Waals surface area contributed by atoms with Gasteiger partial charge in [-0.05, 0) is 37.1 Å². The Hall–Kier alpha value is -3.88. The second-order valence-corrected chi connectivity index (χ2v) is 7.40. The topological polar surface area (TPSA) is 103 Å². The van der Waals surface area contributed by atoms with E-state index < -0.39 is 6.17 Å². The predicted molar refractivity (Wildman–Crippen MR) is 111 cm³/mol. The van der Waals surface area contributed by atoms with Gasteiger partial charge in [-0.15, -0.1) is 0 Å². The molecule has 0 saturated heterocycles. The molecule has 9 heteroatoms. The van der Waals surface area contributed by atoms with Crippen LogP contribution in [0.4, 0.5) is 10.1 Å². The van der Waals surface area contributed by atoms with E-state index in [4.69, 9.17) is 9.26 Å². The van der Waals surface area contributed by atoms with Crippen molar-refractivity contribution in [1.82, 2.24) is 20.1 Å². The zero-order valence-electron chi connectivity index (χ0n) is 16.8. The van der Waals surface area contributed by atoms with E-state index in [1.807, 2.05) is 19.1 Å². The third-order valence-electron chi connectivity index (χ3n) is 5.27. The second kappa shape index (κ2) is 7.42. The number of alkyl halides is 1. The number of carbonyl (C=O) groups is 1. The van der Waals surface area contributed by atoms with Crippen molar-refractivity contribution in [3.63, 3.8) is 0 Å². The van der Waals surface area contributed by atoms with E-state index in [2.05, 4.69) is 25.4 Å². The molecule has 1 amide bonds. The van der Waals surface area contributed by atoms with Gasteiger partial charge in [0.1, 0.15) is 23.9 Å². The fourth-order valence-electron chi connectivity index (χ4n) is 3.34. The zero-order chi connectivity index (χ0) is 21.5. The molecule has 1 aliphatic carbocycles. The highest BCUT2D eigenvalue weighted by atomic mass is 19.1. The minimum Gasteiger partial charge on any atom is -0.497 e. The summed E-state index contributed by atoms with van der Waals surface area (Å²) in [7, 11) is 1.57. The number of ether oxygens (including phenoxy) is 1. The Balaban J connectivity index is 1.43. The average Bonchev–Trinajstić information content (AvgIpc) is 3.31. The summed E-state index contributed by atoms with van der Waals surface area (Å²) in [6.45, 7) is 1.88. The van der Waals surface area contributed by atoms with Gasteiger partial charge in [0.25, 0.3) is 5.91 Å². The highest BCUT2D eigenvalue weighted by Crippen LogP contribution is 2.43. The normalized spacial score (nSPS) is 17.5. The minimum atomic E-state index is -0.913. The molecule has 5 rings (SSSR count). The van der Waals surface area contributed by atoms with Crippen molar-refractivity contribution in [1.29, 1.82) is 0 Å². The van der Waals surface area contributed by atoms with Gasteiger partial charge in [-0.2, -0.15) is 4.98 Å². The minimum absolute atomic E-state index is 0.252. The van der Waals surface area contributed by atoms with Crippen LogP contribution in [0.5, 0.6) is 5.75 Å². The van der Waals surface area contributed by atoms with Crippen LogP contribution in [0.15, 0.2) is 47.2 Å². The maximum absolute atomic E-state index is 13.3. The standard InChI is InChI=1S/C22H18FN5O3/c1-11-3-4-12(20-27-22(31-28-20)15-9-16(15)23)7-17(11)26-21(29)19-14-6-5-13(30-2)8-18(14)24-10-25-19/h3-8,10,15-16H,9H2,1-2H3,(H,26,29)/t15-,16-/m0/s1. The van der Waals surface area contributed by atoms with E-state index in [-0.39, 0.29) is 17.5 Å². The number of nitrogens with zero attached hydrogens (tertiary/aromatic N) is 4. The van der Waals surface area contributed by atoms with Crippen molar-refractivity contribution in [2.24, 2.45) is 0 Å². The first kappa shape index (κ1) is 19.1. The van der Waals surface area contributed by atoms with E-state index in [1.165, 1.54) is 6.33 Å².